The van der Waals surface area contributed by atoms with E-state index in [1.807, 2.05) is 45.0 Å². The first kappa shape index (κ1) is 21.3. The molecule has 0 aliphatic carbocycles. The van der Waals surface area contributed by atoms with E-state index >= 15 is 0 Å². The van der Waals surface area contributed by atoms with Gasteiger partial charge in [-0.1, -0.05) is 42.0 Å². The predicted molar refractivity (Wildman–Crippen MR) is 123 cm³/mol. The van der Waals surface area contributed by atoms with Gasteiger partial charge in [-0.3, -0.25) is 9.59 Å². The average Bonchev–Trinajstić information content (AvgIpc) is 3.00. The number of hydrogen-bond donors (Lipinski definition) is 1. The van der Waals surface area contributed by atoms with E-state index in [2.05, 4.69) is 5.32 Å². The first-order valence-electron chi connectivity index (χ1n) is 10.3. The molecule has 0 spiro atoms. The molecule has 0 radical (unpaired) electrons. The summed E-state index contributed by atoms with van der Waals surface area (Å²) in [6.07, 6.45) is -0.134. The molecule has 4 rings (SSSR count). The minimum Gasteiger partial charge on any atom is -0.489 e. The number of aryl methyl sites for hydroxylation is 1. The van der Waals surface area contributed by atoms with Crippen molar-refractivity contribution in [3.63, 3.8) is 0 Å². The number of rotatable bonds is 6. The molecule has 3 aromatic carbocycles. The minimum atomic E-state index is -0.505. The van der Waals surface area contributed by atoms with Crippen molar-refractivity contribution in [2.24, 2.45) is 0 Å². The van der Waals surface area contributed by atoms with E-state index in [1.54, 1.807) is 24.3 Å². The Kier molecular flexibility index (Phi) is 5.77. The molecule has 1 heterocycles. The molecule has 162 valence electrons. The Hall–Kier alpha value is -3.93. The Morgan fingerprint density at radius 3 is 2.19 bits per heavy atom. The number of para-hydroxylation sites is 2. The summed E-state index contributed by atoms with van der Waals surface area (Å²) < 4.78 is 19.2. The third-order valence-corrected chi connectivity index (χ3v) is 5.01. The van der Waals surface area contributed by atoms with Crippen LogP contribution in [0.5, 0.6) is 5.75 Å². The van der Waals surface area contributed by atoms with Crippen molar-refractivity contribution in [2.75, 3.05) is 10.2 Å². The highest BCUT2D eigenvalue weighted by molar-refractivity contribution is 6.46. The van der Waals surface area contributed by atoms with Crippen LogP contribution in [0.1, 0.15) is 25.0 Å². The molecule has 5 nitrogen and oxygen atoms in total. The zero-order valence-corrected chi connectivity index (χ0v) is 18.1. The summed E-state index contributed by atoms with van der Waals surface area (Å²) in [4.78, 5) is 28.2. The van der Waals surface area contributed by atoms with E-state index < -0.39 is 17.6 Å². The second kappa shape index (κ2) is 8.67. The number of ether oxygens (including phenoxy) is 1. The lowest BCUT2D eigenvalue weighted by Gasteiger charge is -2.20. The number of carbonyl (C=O) groups is 2. The Bertz CT molecular complexity index is 1200. The van der Waals surface area contributed by atoms with E-state index in [9.17, 15) is 14.0 Å². The van der Waals surface area contributed by atoms with Gasteiger partial charge in [0.15, 0.2) is 0 Å². The van der Waals surface area contributed by atoms with Crippen LogP contribution < -0.4 is 15.0 Å². The van der Waals surface area contributed by atoms with Crippen molar-refractivity contribution < 1.29 is 18.7 Å². The molecule has 32 heavy (non-hydrogen) atoms. The van der Waals surface area contributed by atoms with Gasteiger partial charge in [0.05, 0.1) is 17.4 Å². The average molecular weight is 430 g/mol. The van der Waals surface area contributed by atoms with Gasteiger partial charge < -0.3 is 10.1 Å². The molecule has 0 aromatic heterocycles. The first-order chi connectivity index (χ1) is 15.3. The second-order valence-electron chi connectivity index (χ2n) is 7.83. The van der Waals surface area contributed by atoms with Gasteiger partial charge in [-0.25, -0.2) is 9.29 Å². The zero-order chi connectivity index (χ0) is 22.8. The number of benzene rings is 3. The fourth-order valence-electron chi connectivity index (χ4n) is 3.53. The van der Waals surface area contributed by atoms with Gasteiger partial charge in [-0.15, -0.1) is 0 Å². The summed E-state index contributed by atoms with van der Waals surface area (Å²) in [6.45, 7) is 5.70. The van der Waals surface area contributed by atoms with Crippen LogP contribution >= 0.6 is 0 Å². The number of hydrogen-bond acceptors (Lipinski definition) is 4. The lowest BCUT2D eigenvalue weighted by molar-refractivity contribution is -0.120. The zero-order valence-electron chi connectivity index (χ0n) is 18.1. The van der Waals surface area contributed by atoms with E-state index in [-0.39, 0.29) is 17.4 Å². The number of halogens is 1. The van der Waals surface area contributed by atoms with Gasteiger partial charge in [-0.05, 0) is 62.7 Å². The Balaban J connectivity index is 1.82. The van der Waals surface area contributed by atoms with Crippen LogP contribution in [0.25, 0.3) is 5.57 Å². The highest BCUT2D eigenvalue weighted by atomic mass is 19.1. The lowest BCUT2D eigenvalue weighted by Crippen LogP contribution is -2.33. The predicted octanol–water partition coefficient (Wildman–Crippen LogP) is 5.32. The topological polar surface area (TPSA) is 58.6 Å². The van der Waals surface area contributed by atoms with E-state index in [0.29, 0.717) is 22.7 Å². The van der Waals surface area contributed by atoms with Gasteiger partial charge in [0, 0.05) is 5.69 Å². The van der Waals surface area contributed by atoms with Crippen LogP contribution in [-0.2, 0) is 9.59 Å². The second-order valence-corrected chi connectivity index (χ2v) is 7.83. The summed E-state index contributed by atoms with van der Waals surface area (Å²) in [5.74, 6) is -0.910. The van der Waals surface area contributed by atoms with E-state index in [0.717, 1.165) is 10.5 Å². The van der Waals surface area contributed by atoms with Crippen LogP contribution in [0.15, 0.2) is 78.5 Å². The summed E-state index contributed by atoms with van der Waals surface area (Å²) >= 11 is 0. The van der Waals surface area contributed by atoms with Gasteiger partial charge in [-0.2, -0.15) is 0 Å². The first-order valence-corrected chi connectivity index (χ1v) is 10.3. The van der Waals surface area contributed by atoms with Crippen molar-refractivity contribution in [1.29, 1.82) is 0 Å². The normalized spacial score (nSPS) is 13.8. The maximum Gasteiger partial charge on any atom is 0.282 e. The third kappa shape index (κ3) is 4.12. The Labute approximate surface area is 186 Å². The van der Waals surface area contributed by atoms with Crippen molar-refractivity contribution in [2.45, 2.75) is 26.9 Å². The highest BCUT2D eigenvalue weighted by Gasteiger charge is 2.41. The van der Waals surface area contributed by atoms with Crippen molar-refractivity contribution in [3.8, 4) is 5.75 Å². The molecule has 0 saturated carbocycles. The van der Waals surface area contributed by atoms with Crippen LogP contribution in [0.3, 0.4) is 0 Å². The number of nitrogens with zero attached hydrogens (tertiary/aromatic N) is 1. The van der Waals surface area contributed by atoms with Crippen molar-refractivity contribution in [3.05, 3.63) is 95.4 Å². The third-order valence-electron chi connectivity index (χ3n) is 5.01. The van der Waals surface area contributed by atoms with Gasteiger partial charge in [0.1, 0.15) is 17.3 Å². The van der Waals surface area contributed by atoms with Crippen LogP contribution in [0.4, 0.5) is 15.8 Å². The molecule has 0 fully saturated rings. The molecule has 0 bridgehead atoms. The van der Waals surface area contributed by atoms with E-state index in [1.165, 1.54) is 24.3 Å². The fraction of sp³-hybridized carbons (Fsp3) is 0.154. The van der Waals surface area contributed by atoms with Gasteiger partial charge >= 0.3 is 0 Å². The highest BCUT2D eigenvalue weighted by Crippen LogP contribution is 2.38. The van der Waals surface area contributed by atoms with Crippen LogP contribution in [0, 0.1) is 12.7 Å². The molecule has 1 aliphatic rings. The minimum absolute atomic E-state index is 0.129. The number of anilines is 2. The largest absolute Gasteiger partial charge is 0.489 e. The number of amides is 2. The molecular formula is C26H23FN2O3. The summed E-state index contributed by atoms with van der Waals surface area (Å²) in [7, 11) is 0. The smallest absolute Gasteiger partial charge is 0.282 e. The molecule has 0 unspecified atom stereocenters. The summed E-state index contributed by atoms with van der Waals surface area (Å²) in [6, 6.07) is 20.0. The lowest BCUT2D eigenvalue weighted by atomic mass is 10.0. The number of carbonyl (C=O) groups excluding carboxylic acids is 2. The molecule has 0 atom stereocenters. The maximum absolute atomic E-state index is 13.6. The SMILES string of the molecule is Cc1ccc(C2=C(Nc3ccc(F)cc3)C(=O)N(c3ccccc3OC(C)C)C2=O)cc1. The van der Waals surface area contributed by atoms with E-state index in [4.69, 9.17) is 4.74 Å². The molecule has 1 N–H and O–H groups in total. The van der Waals surface area contributed by atoms with Crippen LogP contribution in [-0.4, -0.2) is 17.9 Å². The molecule has 3 aromatic rings. The van der Waals surface area contributed by atoms with Gasteiger partial charge in [0.2, 0.25) is 0 Å². The number of imide groups is 1. The summed E-state index contributed by atoms with van der Waals surface area (Å²) in [5, 5.41) is 3.03. The van der Waals surface area contributed by atoms with Crippen LogP contribution in [0.2, 0.25) is 0 Å². The monoisotopic (exact) mass is 430 g/mol. The molecule has 6 heteroatoms. The Morgan fingerprint density at radius 2 is 1.53 bits per heavy atom. The quantitative estimate of drug-likeness (QED) is 0.538. The molecule has 2 amide bonds. The van der Waals surface area contributed by atoms with Crippen molar-refractivity contribution >= 4 is 28.8 Å². The van der Waals surface area contributed by atoms with Gasteiger partial charge in [0.25, 0.3) is 11.8 Å². The molecular weight excluding hydrogens is 407 g/mol. The van der Waals surface area contributed by atoms with Crippen molar-refractivity contribution in [1.82, 2.24) is 0 Å². The summed E-state index contributed by atoms with van der Waals surface area (Å²) in [5.41, 5.74) is 2.90. The molecule has 0 saturated heterocycles. The maximum atomic E-state index is 13.6. The number of nitrogens with one attached hydrogen (secondary N) is 1. The fourth-order valence-corrected chi connectivity index (χ4v) is 3.53. The Morgan fingerprint density at radius 1 is 0.875 bits per heavy atom. The molecule has 1 aliphatic heterocycles. The standard InChI is InChI=1S/C26H23FN2O3/c1-16(2)32-22-7-5-4-6-21(22)29-25(30)23(18-10-8-17(3)9-11-18)24(26(29)31)28-20-14-12-19(27)13-15-20/h4-16,28H,1-3H3.